The van der Waals surface area contributed by atoms with Crippen molar-refractivity contribution in [1.82, 2.24) is 5.32 Å². The second-order valence-electron chi connectivity index (χ2n) is 7.45. The number of ether oxygens (including phenoxy) is 1. The summed E-state index contributed by atoms with van der Waals surface area (Å²) < 4.78 is 43.5. The maximum Gasteiger partial charge on any atom is 0.416 e. The van der Waals surface area contributed by atoms with Gasteiger partial charge in [0.15, 0.2) is 0 Å². The van der Waals surface area contributed by atoms with Gasteiger partial charge in [-0.1, -0.05) is 12.1 Å². The fraction of sp³-hybridized carbons (Fsp3) is 0.684. The summed E-state index contributed by atoms with van der Waals surface area (Å²) >= 11 is 0. The molecule has 2 unspecified atom stereocenters. The Hall–Kier alpha value is -1.11. The quantitative estimate of drug-likeness (QED) is 0.818. The van der Waals surface area contributed by atoms with Crippen molar-refractivity contribution in [3.63, 3.8) is 0 Å². The Morgan fingerprint density at radius 1 is 1.24 bits per heavy atom. The van der Waals surface area contributed by atoms with Gasteiger partial charge in [-0.3, -0.25) is 0 Å². The highest BCUT2D eigenvalue weighted by atomic mass is 19.4. The molecule has 0 radical (unpaired) electrons. The van der Waals surface area contributed by atoms with E-state index in [1.165, 1.54) is 31.4 Å². The zero-order valence-corrected chi connectivity index (χ0v) is 14.3. The molecule has 6 heteroatoms. The number of benzene rings is 1. The highest BCUT2D eigenvalue weighted by molar-refractivity contribution is 5.25. The average Bonchev–Trinajstić information content (AvgIpc) is 2.53. The molecular formula is C19H26F3NO2. The molecule has 2 N–H and O–H groups in total. The van der Waals surface area contributed by atoms with Crippen molar-refractivity contribution in [3.8, 4) is 0 Å². The summed E-state index contributed by atoms with van der Waals surface area (Å²) in [6, 6.07) is 5.00. The summed E-state index contributed by atoms with van der Waals surface area (Å²) in [5.74, 6) is 0.576. The Kier molecular flexibility index (Phi) is 5.71. The summed E-state index contributed by atoms with van der Waals surface area (Å²) in [5.41, 5.74) is 0.179. The number of aliphatic hydroxyl groups is 1. The zero-order valence-electron chi connectivity index (χ0n) is 14.3. The lowest BCUT2D eigenvalue weighted by Gasteiger charge is -2.47. The van der Waals surface area contributed by atoms with E-state index in [1.807, 2.05) is 0 Å². The first-order chi connectivity index (χ1) is 11.9. The van der Waals surface area contributed by atoms with E-state index in [1.54, 1.807) is 0 Å². The van der Waals surface area contributed by atoms with Crippen molar-refractivity contribution in [1.29, 1.82) is 0 Å². The van der Waals surface area contributed by atoms with Gasteiger partial charge in [-0.2, -0.15) is 13.2 Å². The first kappa shape index (κ1) is 18.7. The van der Waals surface area contributed by atoms with Crippen LogP contribution in [0.5, 0.6) is 0 Å². The maximum absolute atomic E-state index is 12.5. The number of rotatable bonds is 6. The second kappa shape index (κ2) is 7.64. The molecule has 2 fully saturated rings. The monoisotopic (exact) mass is 357 g/mol. The van der Waals surface area contributed by atoms with Crippen LogP contribution in [-0.4, -0.2) is 36.5 Å². The molecule has 1 aromatic rings. The number of hydrogen-bond acceptors (Lipinski definition) is 3. The van der Waals surface area contributed by atoms with Crippen LogP contribution in [0.3, 0.4) is 0 Å². The lowest BCUT2D eigenvalue weighted by molar-refractivity contribution is -0.142. The molecule has 1 saturated heterocycles. The van der Waals surface area contributed by atoms with Gasteiger partial charge < -0.3 is 15.2 Å². The number of nitrogens with one attached hydrogen (secondary N) is 1. The highest BCUT2D eigenvalue weighted by Crippen LogP contribution is 2.44. The normalized spacial score (nSPS) is 24.1. The largest absolute Gasteiger partial charge is 0.416 e. The van der Waals surface area contributed by atoms with Gasteiger partial charge in [0.2, 0.25) is 0 Å². The van der Waals surface area contributed by atoms with E-state index in [4.69, 9.17) is 4.74 Å². The van der Waals surface area contributed by atoms with Gasteiger partial charge in [-0.25, -0.2) is 0 Å². The fourth-order valence-corrected chi connectivity index (χ4v) is 3.85. The predicted octanol–water partition coefficient (Wildman–Crippen LogP) is 3.55. The maximum atomic E-state index is 12.5. The Morgan fingerprint density at radius 3 is 2.56 bits per heavy atom. The highest BCUT2D eigenvalue weighted by Gasteiger charge is 2.42. The molecule has 2 aliphatic rings. The zero-order chi connectivity index (χ0) is 17.9. The van der Waals surface area contributed by atoms with Gasteiger partial charge in [0, 0.05) is 13.2 Å². The standard InChI is InChI=1S/C19H26F3NO2/c20-19(21,22)16-4-2-14(3-5-16)10-17(24)13-23-12-15-6-9-25-18(11-15)7-1-8-18/h2-5,15,17,23-24H,1,6-13H2. The van der Waals surface area contributed by atoms with Crippen LogP contribution in [-0.2, 0) is 17.3 Å². The molecule has 1 heterocycles. The molecular weight excluding hydrogens is 331 g/mol. The molecule has 2 atom stereocenters. The molecule has 1 aliphatic heterocycles. The first-order valence-electron chi connectivity index (χ1n) is 9.05. The molecule has 3 nitrogen and oxygen atoms in total. The lowest BCUT2D eigenvalue weighted by atomic mass is 9.72. The molecule has 0 amide bonds. The Morgan fingerprint density at radius 2 is 1.96 bits per heavy atom. The number of aliphatic hydroxyl groups excluding tert-OH is 1. The van der Waals surface area contributed by atoms with Crippen molar-refractivity contribution < 1.29 is 23.0 Å². The fourth-order valence-electron chi connectivity index (χ4n) is 3.85. The van der Waals surface area contributed by atoms with Crippen LogP contribution in [0.15, 0.2) is 24.3 Å². The van der Waals surface area contributed by atoms with Crippen LogP contribution >= 0.6 is 0 Å². The number of halogens is 3. The summed E-state index contributed by atoms with van der Waals surface area (Å²) in [6.07, 6.45) is 1.16. The molecule has 140 valence electrons. The van der Waals surface area contributed by atoms with E-state index in [9.17, 15) is 18.3 Å². The van der Waals surface area contributed by atoms with Crippen molar-refractivity contribution in [2.75, 3.05) is 19.7 Å². The van der Waals surface area contributed by atoms with Crippen LogP contribution in [0.4, 0.5) is 13.2 Å². The SMILES string of the molecule is OC(CNCC1CCOC2(CCC2)C1)Cc1ccc(C(F)(F)F)cc1. The Labute approximate surface area is 146 Å². The molecule has 1 saturated carbocycles. The van der Waals surface area contributed by atoms with E-state index in [0.29, 0.717) is 24.4 Å². The van der Waals surface area contributed by atoms with Gasteiger partial charge >= 0.3 is 6.18 Å². The van der Waals surface area contributed by atoms with Gasteiger partial charge in [0.25, 0.3) is 0 Å². The van der Waals surface area contributed by atoms with Crippen molar-refractivity contribution in [2.24, 2.45) is 5.92 Å². The molecule has 25 heavy (non-hydrogen) atoms. The van der Waals surface area contributed by atoms with Crippen molar-refractivity contribution in [3.05, 3.63) is 35.4 Å². The van der Waals surface area contributed by atoms with Crippen LogP contribution in [0.1, 0.15) is 43.2 Å². The van der Waals surface area contributed by atoms with Crippen LogP contribution < -0.4 is 5.32 Å². The smallest absolute Gasteiger partial charge is 0.391 e. The van der Waals surface area contributed by atoms with E-state index in [-0.39, 0.29) is 5.60 Å². The van der Waals surface area contributed by atoms with E-state index in [0.717, 1.165) is 38.1 Å². The number of hydrogen-bond donors (Lipinski definition) is 2. The molecule has 1 aliphatic carbocycles. The molecule has 3 rings (SSSR count). The van der Waals surface area contributed by atoms with Gasteiger partial charge in [0.1, 0.15) is 0 Å². The third-order valence-corrected chi connectivity index (χ3v) is 5.43. The Balaban J connectivity index is 1.38. The third-order valence-electron chi connectivity index (χ3n) is 5.43. The van der Waals surface area contributed by atoms with Gasteiger partial charge in [-0.05, 0) is 68.7 Å². The predicted molar refractivity (Wildman–Crippen MR) is 89.3 cm³/mol. The van der Waals surface area contributed by atoms with Gasteiger partial charge in [0.05, 0.1) is 17.3 Å². The van der Waals surface area contributed by atoms with Crippen LogP contribution in [0.25, 0.3) is 0 Å². The molecule has 0 bridgehead atoms. The summed E-state index contributed by atoms with van der Waals surface area (Å²) in [4.78, 5) is 0. The summed E-state index contributed by atoms with van der Waals surface area (Å²) in [5, 5.41) is 13.4. The minimum Gasteiger partial charge on any atom is -0.391 e. The summed E-state index contributed by atoms with van der Waals surface area (Å²) in [6.45, 7) is 2.13. The first-order valence-corrected chi connectivity index (χ1v) is 9.05. The topological polar surface area (TPSA) is 41.5 Å². The minimum atomic E-state index is -4.32. The average molecular weight is 357 g/mol. The molecule has 1 aromatic carbocycles. The number of alkyl halides is 3. The van der Waals surface area contributed by atoms with E-state index < -0.39 is 17.8 Å². The van der Waals surface area contributed by atoms with E-state index >= 15 is 0 Å². The van der Waals surface area contributed by atoms with Crippen molar-refractivity contribution in [2.45, 2.75) is 56.4 Å². The molecule has 1 spiro atoms. The molecule has 0 aromatic heterocycles. The van der Waals surface area contributed by atoms with Gasteiger partial charge in [-0.15, -0.1) is 0 Å². The van der Waals surface area contributed by atoms with Crippen LogP contribution in [0.2, 0.25) is 0 Å². The van der Waals surface area contributed by atoms with Crippen molar-refractivity contribution >= 4 is 0 Å². The Bertz CT molecular complexity index is 555. The second-order valence-corrected chi connectivity index (χ2v) is 7.45. The third kappa shape index (κ3) is 4.96. The van der Waals surface area contributed by atoms with E-state index in [2.05, 4.69) is 5.32 Å². The lowest BCUT2D eigenvalue weighted by Crippen LogP contribution is -2.47. The summed E-state index contributed by atoms with van der Waals surface area (Å²) in [7, 11) is 0. The van der Waals surface area contributed by atoms with Crippen LogP contribution in [0, 0.1) is 5.92 Å². The minimum absolute atomic E-state index is 0.128.